The number of piperidine rings is 1. The third-order valence-electron chi connectivity index (χ3n) is 5.85. The second kappa shape index (κ2) is 9.23. The zero-order chi connectivity index (χ0) is 20.1. The van der Waals surface area contributed by atoms with Crippen LogP contribution in [0.3, 0.4) is 0 Å². The molecule has 0 bridgehead atoms. The zero-order valence-corrected chi connectivity index (χ0v) is 17.2. The van der Waals surface area contributed by atoms with E-state index in [4.69, 9.17) is 4.98 Å². The van der Waals surface area contributed by atoms with Crippen molar-refractivity contribution in [2.75, 3.05) is 19.6 Å². The lowest BCUT2D eigenvalue weighted by Gasteiger charge is -2.31. The number of aryl methyl sites for hydroxylation is 1. The van der Waals surface area contributed by atoms with Crippen molar-refractivity contribution in [3.63, 3.8) is 0 Å². The van der Waals surface area contributed by atoms with Crippen molar-refractivity contribution < 1.29 is 4.79 Å². The van der Waals surface area contributed by atoms with Gasteiger partial charge in [-0.3, -0.25) is 9.69 Å². The topological polar surface area (TPSA) is 50.2 Å². The van der Waals surface area contributed by atoms with E-state index in [2.05, 4.69) is 52.0 Å². The van der Waals surface area contributed by atoms with E-state index in [1.165, 1.54) is 11.1 Å². The summed E-state index contributed by atoms with van der Waals surface area (Å²) in [5.41, 5.74) is 3.50. The van der Waals surface area contributed by atoms with Gasteiger partial charge < -0.3 is 9.88 Å². The first kappa shape index (κ1) is 19.6. The van der Waals surface area contributed by atoms with Crippen molar-refractivity contribution in [3.05, 3.63) is 66.0 Å². The van der Waals surface area contributed by atoms with E-state index < -0.39 is 0 Å². The highest BCUT2D eigenvalue weighted by molar-refractivity contribution is 5.79. The standard InChI is InChI=1S/C24H30N4O/c1-2-28-22-13-7-6-12-21(22)26-23(28)18-27-16-8-11-20(17-27)24(29)25-15-14-19-9-4-3-5-10-19/h3-7,9-10,12-13,20H,2,8,11,14-18H2,1H3,(H,25,29)/t20-/m1/s1. The van der Waals surface area contributed by atoms with Crippen LogP contribution in [0, 0.1) is 5.92 Å². The van der Waals surface area contributed by atoms with E-state index in [9.17, 15) is 4.79 Å². The van der Waals surface area contributed by atoms with E-state index in [1.807, 2.05) is 24.3 Å². The van der Waals surface area contributed by atoms with Gasteiger partial charge in [-0.2, -0.15) is 0 Å². The minimum atomic E-state index is 0.0685. The molecule has 1 aliphatic rings. The van der Waals surface area contributed by atoms with E-state index in [1.54, 1.807) is 0 Å². The quantitative estimate of drug-likeness (QED) is 0.670. The number of amides is 1. The average Bonchev–Trinajstić information content (AvgIpc) is 3.11. The largest absolute Gasteiger partial charge is 0.355 e. The maximum absolute atomic E-state index is 12.7. The summed E-state index contributed by atoms with van der Waals surface area (Å²) < 4.78 is 2.29. The number of hydrogen-bond acceptors (Lipinski definition) is 3. The van der Waals surface area contributed by atoms with Crippen LogP contribution in [0.5, 0.6) is 0 Å². The molecule has 4 rings (SSSR count). The number of imidazole rings is 1. The third-order valence-corrected chi connectivity index (χ3v) is 5.85. The summed E-state index contributed by atoms with van der Waals surface area (Å²) in [7, 11) is 0. The molecule has 1 atom stereocenters. The van der Waals surface area contributed by atoms with Crippen LogP contribution in [0.4, 0.5) is 0 Å². The second-order valence-electron chi connectivity index (χ2n) is 7.86. The lowest BCUT2D eigenvalue weighted by molar-refractivity contribution is -0.126. The molecule has 3 aromatic rings. The predicted octanol–water partition coefficient (Wildman–Crippen LogP) is 3.63. The third kappa shape index (κ3) is 4.67. The normalized spacial score (nSPS) is 17.5. The highest BCUT2D eigenvalue weighted by Gasteiger charge is 2.26. The first-order valence-corrected chi connectivity index (χ1v) is 10.7. The molecule has 1 saturated heterocycles. The average molecular weight is 391 g/mol. The Bertz CT molecular complexity index is 950. The Morgan fingerprint density at radius 1 is 1.14 bits per heavy atom. The number of carbonyl (C=O) groups is 1. The molecule has 1 aromatic heterocycles. The Hall–Kier alpha value is -2.66. The molecular formula is C24H30N4O. The summed E-state index contributed by atoms with van der Waals surface area (Å²) in [4.78, 5) is 19.9. The molecule has 1 aliphatic heterocycles. The lowest BCUT2D eigenvalue weighted by Crippen LogP contribution is -2.43. The molecule has 0 radical (unpaired) electrons. The van der Waals surface area contributed by atoms with Crippen LogP contribution in [-0.4, -0.2) is 40.0 Å². The van der Waals surface area contributed by atoms with Gasteiger partial charge in [0, 0.05) is 19.6 Å². The van der Waals surface area contributed by atoms with Crippen molar-refractivity contribution in [2.45, 2.75) is 39.3 Å². The molecule has 0 unspecified atom stereocenters. The molecule has 5 heteroatoms. The number of fused-ring (bicyclic) bond motifs is 1. The van der Waals surface area contributed by atoms with Crippen LogP contribution in [0.15, 0.2) is 54.6 Å². The molecule has 0 spiro atoms. The molecule has 152 valence electrons. The number of benzene rings is 2. The molecule has 2 heterocycles. The number of hydrogen-bond donors (Lipinski definition) is 1. The SMILES string of the molecule is CCn1c(CN2CCC[C@@H](C(=O)NCCc3ccccc3)C2)nc2ccccc21. The van der Waals surface area contributed by atoms with Crippen LogP contribution in [0.1, 0.15) is 31.2 Å². The molecule has 0 aliphatic carbocycles. The summed E-state index contributed by atoms with van der Waals surface area (Å²) in [6, 6.07) is 18.6. The molecule has 2 aromatic carbocycles. The van der Waals surface area contributed by atoms with Crippen molar-refractivity contribution in [2.24, 2.45) is 5.92 Å². The molecule has 29 heavy (non-hydrogen) atoms. The van der Waals surface area contributed by atoms with E-state index in [0.29, 0.717) is 6.54 Å². The number of nitrogens with one attached hydrogen (secondary N) is 1. The highest BCUT2D eigenvalue weighted by atomic mass is 16.1. The fourth-order valence-electron chi connectivity index (χ4n) is 4.33. The molecule has 1 fully saturated rings. The van der Waals surface area contributed by atoms with E-state index in [-0.39, 0.29) is 11.8 Å². The number of aromatic nitrogens is 2. The van der Waals surface area contributed by atoms with Gasteiger partial charge in [-0.05, 0) is 50.4 Å². The summed E-state index contributed by atoms with van der Waals surface area (Å²) in [5.74, 6) is 1.35. The number of para-hydroxylation sites is 2. The molecule has 1 N–H and O–H groups in total. The summed E-state index contributed by atoms with van der Waals surface area (Å²) in [6.07, 6.45) is 2.91. The van der Waals surface area contributed by atoms with Crippen molar-refractivity contribution in [1.82, 2.24) is 19.8 Å². The van der Waals surface area contributed by atoms with E-state index >= 15 is 0 Å². The number of rotatable bonds is 7. The first-order valence-electron chi connectivity index (χ1n) is 10.7. The van der Waals surface area contributed by atoms with Gasteiger partial charge in [-0.1, -0.05) is 42.5 Å². The lowest BCUT2D eigenvalue weighted by atomic mass is 9.97. The van der Waals surface area contributed by atoms with Gasteiger partial charge in [0.25, 0.3) is 0 Å². The summed E-state index contributed by atoms with van der Waals surface area (Å²) >= 11 is 0. The maximum atomic E-state index is 12.7. The molecule has 0 saturated carbocycles. The van der Waals surface area contributed by atoms with Crippen LogP contribution < -0.4 is 5.32 Å². The van der Waals surface area contributed by atoms with Gasteiger partial charge in [0.2, 0.25) is 5.91 Å². The van der Waals surface area contributed by atoms with Gasteiger partial charge in [0.05, 0.1) is 23.5 Å². The Morgan fingerprint density at radius 2 is 1.93 bits per heavy atom. The van der Waals surface area contributed by atoms with Crippen LogP contribution in [-0.2, 0) is 24.3 Å². The summed E-state index contributed by atoms with van der Waals surface area (Å²) in [6.45, 7) is 6.41. The number of likely N-dealkylation sites (tertiary alicyclic amines) is 1. The maximum Gasteiger partial charge on any atom is 0.224 e. The van der Waals surface area contributed by atoms with Gasteiger partial charge >= 0.3 is 0 Å². The monoisotopic (exact) mass is 390 g/mol. The molecular weight excluding hydrogens is 360 g/mol. The Labute approximate surface area is 172 Å². The molecule has 1 amide bonds. The Kier molecular flexibility index (Phi) is 6.25. The fraction of sp³-hybridized carbons (Fsp3) is 0.417. The van der Waals surface area contributed by atoms with Crippen LogP contribution in [0.25, 0.3) is 11.0 Å². The van der Waals surface area contributed by atoms with Crippen molar-refractivity contribution in [3.8, 4) is 0 Å². The predicted molar refractivity (Wildman–Crippen MR) is 117 cm³/mol. The number of nitrogens with zero attached hydrogens (tertiary/aromatic N) is 3. The minimum absolute atomic E-state index is 0.0685. The molecule has 5 nitrogen and oxygen atoms in total. The van der Waals surface area contributed by atoms with Crippen LogP contribution >= 0.6 is 0 Å². The highest BCUT2D eigenvalue weighted by Crippen LogP contribution is 2.21. The Morgan fingerprint density at radius 3 is 2.76 bits per heavy atom. The van der Waals surface area contributed by atoms with Gasteiger partial charge in [-0.15, -0.1) is 0 Å². The van der Waals surface area contributed by atoms with Gasteiger partial charge in [0.15, 0.2) is 0 Å². The van der Waals surface area contributed by atoms with E-state index in [0.717, 1.165) is 56.8 Å². The smallest absolute Gasteiger partial charge is 0.224 e. The van der Waals surface area contributed by atoms with Gasteiger partial charge in [0.1, 0.15) is 5.82 Å². The Balaban J connectivity index is 1.34. The van der Waals surface area contributed by atoms with Crippen LogP contribution in [0.2, 0.25) is 0 Å². The first-order chi connectivity index (χ1) is 14.2. The van der Waals surface area contributed by atoms with Crippen molar-refractivity contribution >= 4 is 16.9 Å². The zero-order valence-electron chi connectivity index (χ0n) is 17.2. The van der Waals surface area contributed by atoms with Crippen molar-refractivity contribution in [1.29, 1.82) is 0 Å². The summed E-state index contributed by atoms with van der Waals surface area (Å²) in [5, 5.41) is 3.14. The van der Waals surface area contributed by atoms with Gasteiger partial charge in [-0.25, -0.2) is 4.98 Å². The second-order valence-corrected chi connectivity index (χ2v) is 7.86. The number of carbonyl (C=O) groups excluding carboxylic acids is 1. The fourth-order valence-corrected chi connectivity index (χ4v) is 4.33. The minimum Gasteiger partial charge on any atom is -0.355 e.